The number of rotatable bonds is 15. The van der Waals surface area contributed by atoms with E-state index in [0.717, 1.165) is 12.0 Å². The molecule has 0 spiro atoms. The van der Waals surface area contributed by atoms with Gasteiger partial charge in [-0.3, -0.25) is 4.57 Å². The fourth-order valence-corrected chi connectivity index (χ4v) is 4.72. The molecule has 1 aromatic carbocycles. The van der Waals surface area contributed by atoms with E-state index in [-0.39, 0.29) is 18.7 Å². The Labute approximate surface area is 267 Å². The number of imidazole rings is 2. The Bertz CT molecular complexity index is 1430. The Hall–Kier alpha value is -4.12. The van der Waals surface area contributed by atoms with Crippen LogP contribution in [-0.4, -0.2) is 55.3 Å². The van der Waals surface area contributed by atoms with E-state index in [1.54, 1.807) is 55.1 Å². The molecule has 0 fully saturated rings. The third-order valence-electron chi connectivity index (χ3n) is 6.37. The highest BCUT2D eigenvalue weighted by molar-refractivity contribution is 6.35. The fourth-order valence-electron chi connectivity index (χ4n) is 4.19. The lowest BCUT2D eigenvalue weighted by molar-refractivity contribution is -0.149. The smallest absolute Gasteiger partial charge is 0.330 e. The van der Waals surface area contributed by atoms with Gasteiger partial charge in [0, 0.05) is 40.4 Å². The molecule has 0 saturated heterocycles. The minimum Gasteiger partial charge on any atom is -0.467 e. The summed E-state index contributed by atoms with van der Waals surface area (Å²) >= 11 is 12.1. The predicted molar refractivity (Wildman–Crippen MR) is 169 cm³/mol. The van der Waals surface area contributed by atoms with Crippen LogP contribution in [-0.2, 0) is 27.4 Å². The number of amides is 1. The maximum absolute atomic E-state index is 12.8. The number of carbonyl (C=O) groups is 2. The van der Waals surface area contributed by atoms with Crippen molar-refractivity contribution in [3.63, 3.8) is 0 Å². The Morgan fingerprint density at radius 1 is 1.11 bits per heavy atom. The second-order valence-corrected chi connectivity index (χ2v) is 10.4. The number of allylic oxidation sites excluding steroid dienone is 1. The summed E-state index contributed by atoms with van der Waals surface area (Å²) in [5.74, 6) is 0.165. The van der Waals surface area contributed by atoms with Gasteiger partial charge >= 0.3 is 12.0 Å². The van der Waals surface area contributed by atoms with Crippen LogP contribution in [0.1, 0.15) is 43.6 Å². The van der Waals surface area contributed by atoms with E-state index in [9.17, 15) is 9.59 Å². The summed E-state index contributed by atoms with van der Waals surface area (Å²) < 4.78 is 19.7. The van der Waals surface area contributed by atoms with Crippen molar-refractivity contribution >= 4 is 35.2 Å². The third-order valence-corrected chi connectivity index (χ3v) is 6.93. The molecule has 0 N–H and O–H groups in total. The minimum atomic E-state index is -0.705. The van der Waals surface area contributed by atoms with Crippen LogP contribution in [0, 0.1) is 0 Å². The van der Waals surface area contributed by atoms with Crippen molar-refractivity contribution in [2.45, 2.75) is 51.4 Å². The summed E-state index contributed by atoms with van der Waals surface area (Å²) in [6, 6.07) is 7.85. The lowest BCUT2D eigenvalue weighted by Gasteiger charge is -2.28. The van der Waals surface area contributed by atoms with Crippen LogP contribution < -0.4 is 0 Å². The van der Waals surface area contributed by atoms with E-state index in [2.05, 4.69) is 23.1 Å². The molecule has 4 aromatic rings. The summed E-state index contributed by atoms with van der Waals surface area (Å²) in [6.45, 7) is 10.7. The molecular formula is C32H37Cl2N5O5. The molecule has 234 valence electrons. The van der Waals surface area contributed by atoms with E-state index in [1.807, 2.05) is 23.8 Å². The maximum Gasteiger partial charge on any atom is 0.330 e. The van der Waals surface area contributed by atoms with Crippen LogP contribution in [0.4, 0.5) is 4.79 Å². The fraction of sp³-hybridized carbons (Fsp3) is 0.312. The van der Waals surface area contributed by atoms with Gasteiger partial charge < -0.3 is 23.4 Å². The van der Waals surface area contributed by atoms with E-state index in [0.29, 0.717) is 48.4 Å². The molecule has 2 atom stereocenters. The lowest BCUT2D eigenvalue weighted by atomic mass is 10.1. The van der Waals surface area contributed by atoms with E-state index < -0.39 is 12.0 Å². The summed E-state index contributed by atoms with van der Waals surface area (Å²) in [6.07, 6.45) is 16.6. The van der Waals surface area contributed by atoms with Crippen LogP contribution >= 0.6 is 23.2 Å². The van der Waals surface area contributed by atoms with Crippen LogP contribution in [0.3, 0.4) is 0 Å². The number of esters is 1. The molecule has 12 heteroatoms. The monoisotopic (exact) mass is 641 g/mol. The molecule has 3 heterocycles. The van der Waals surface area contributed by atoms with Gasteiger partial charge in [0.15, 0.2) is 0 Å². The molecule has 0 aliphatic rings. The average Bonchev–Trinajstić information content (AvgIpc) is 3.82. The van der Waals surface area contributed by atoms with E-state index in [1.165, 1.54) is 28.3 Å². The summed E-state index contributed by atoms with van der Waals surface area (Å²) in [7, 11) is 0. The summed E-state index contributed by atoms with van der Waals surface area (Å²) in [5, 5.41) is 1.21. The topological polar surface area (TPSA) is 105 Å². The number of carbonyl (C=O) groups excluding carboxylic acids is 2. The van der Waals surface area contributed by atoms with Gasteiger partial charge in [-0.2, -0.15) is 0 Å². The average molecular weight is 643 g/mol. The SMILES string of the molecule is C=CCCCOC(=O)C(CC)N(Cc1ccco1)C(=O)n1ccnc1.C=CCOC(Cn1ccnc1)c1ccc(Cl)cc1Cl. The normalized spacial score (nSPS) is 12.0. The van der Waals surface area contributed by atoms with Crippen molar-refractivity contribution in [3.8, 4) is 0 Å². The minimum absolute atomic E-state index is 0.169. The number of ether oxygens (including phenoxy) is 2. The highest BCUT2D eigenvalue weighted by Crippen LogP contribution is 2.29. The van der Waals surface area contributed by atoms with Gasteiger partial charge in [-0.25, -0.2) is 19.6 Å². The Balaban J connectivity index is 0.000000249. The van der Waals surface area contributed by atoms with Crippen molar-refractivity contribution in [3.05, 3.63) is 121 Å². The Morgan fingerprint density at radius 2 is 1.91 bits per heavy atom. The third kappa shape index (κ3) is 10.6. The van der Waals surface area contributed by atoms with Gasteiger partial charge in [-0.05, 0) is 43.5 Å². The molecule has 4 rings (SSSR count). The van der Waals surface area contributed by atoms with Crippen molar-refractivity contribution < 1.29 is 23.5 Å². The number of halogens is 2. The van der Waals surface area contributed by atoms with Crippen LogP contribution in [0.15, 0.2) is 104 Å². The highest BCUT2D eigenvalue weighted by Gasteiger charge is 2.31. The number of furan rings is 1. The molecule has 1 amide bonds. The van der Waals surface area contributed by atoms with Gasteiger partial charge in [0.1, 0.15) is 24.2 Å². The summed E-state index contributed by atoms with van der Waals surface area (Å²) in [5.41, 5.74) is 0.904. The predicted octanol–water partition coefficient (Wildman–Crippen LogP) is 7.37. The maximum atomic E-state index is 12.8. The molecule has 2 unspecified atom stereocenters. The molecule has 44 heavy (non-hydrogen) atoms. The first-order valence-electron chi connectivity index (χ1n) is 14.1. The zero-order valence-corrected chi connectivity index (χ0v) is 26.1. The molecule has 3 aromatic heterocycles. The largest absolute Gasteiger partial charge is 0.467 e. The standard InChI is InChI=1S/C18H23N3O4.C14H14Cl2N2O/c1-3-5-6-11-25-17(22)16(4-2)21(13-15-8-7-12-24-15)18(23)20-10-9-19-14-20;1-2-7-19-14(9-18-6-5-17-10-18)12-4-3-11(15)8-13(12)16/h3,7-10,12,14,16H,1,4-6,11,13H2,2H3;2-6,8,10,14H,1,7,9H2. The molecule has 0 saturated carbocycles. The van der Waals surface area contributed by atoms with Crippen LogP contribution in [0.2, 0.25) is 10.0 Å². The zero-order valence-electron chi connectivity index (χ0n) is 24.6. The first kappa shape index (κ1) is 34.4. The first-order chi connectivity index (χ1) is 21.4. The molecule has 0 aliphatic heterocycles. The molecule has 0 radical (unpaired) electrons. The van der Waals surface area contributed by atoms with Crippen LogP contribution in [0.25, 0.3) is 0 Å². The van der Waals surface area contributed by atoms with Crippen molar-refractivity contribution in [2.75, 3.05) is 13.2 Å². The quantitative estimate of drug-likeness (QED) is 0.0758. The van der Waals surface area contributed by atoms with Gasteiger partial charge in [-0.1, -0.05) is 48.3 Å². The van der Waals surface area contributed by atoms with Gasteiger partial charge in [-0.15, -0.1) is 13.2 Å². The molecule has 0 bridgehead atoms. The zero-order chi connectivity index (χ0) is 31.7. The van der Waals surface area contributed by atoms with E-state index in [4.69, 9.17) is 37.1 Å². The number of hydrogen-bond donors (Lipinski definition) is 0. The molecule has 10 nitrogen and oxygen atoms in total. The molecule has 0 aliphatic carbocycles. The second kappa shape index (κ2) is 18.5. The first-order valence-corrected chi connectivity index (χ1v) is 14.9. The lowest BCUT2D eigenvalue weighted by Crippen LogP contribution is -2.46. The van der Waals surface area contributed by atoms with Crippen molar-refractivity contribution in [1.82, 2.24) is 24.0 Å². The number of hydrogen-bond acceptors (Lipinski definition) is 7. The Morgan fingerprint density at radius 3 is 2.52 bits per heavy atom. The highest BCUT2D eigenvalue weighted by atomic mass is 35.5. The second-order valence-electron chi connectivity index (χ2n) is 9.52. The van der Waals surface area contributed by atoms with Gasteiger partial charge in [0.05, 0.1) is 38.9 Å². The number of aromatic nitrogens is 4. The number of unbranched alkanes of at least 4 members (excludes halogenated alkanes) is 1. The van der Waals surface area contributed by atoms with Crippen LogP contribution in [0.5, 0.6) is 0 Å². The van der Waals surface area contributed by atoms with E-state index >= 15 is 0 Å². The Kier molecular flexibility index (Phi) is 14.5. The van der Waals surface area contributed by atoms with Gasteiger partial charge in [0.25, 0.3) is 0 Å². The number of nitrogens with zero attached hydrogens (tertiary/aromatic N) is 5. The van der Waals surface area contributed by atoms with Crippen molar-refractivity contribution in [2.24, 2.45) is 0 Å². The number of benzene rings is 1. The van der Waals surface area contributed by atoms with Gasteiger partial charge in [0.2, 0.25) is 0 Å². The molecular weight excluding hydrogens is 605 g/mol. The summed E-state index contributed by atoms with van der Waals surface area (Å²) in [4.78, 5) is 34.6. The van der Waals surface area contributed by atoms with Crippen molar-refractivity contribution in [1.29, 1.82) is 0 Å².